The summed E-state index contributed by atoms with van der Waals surface area (Å²) in [7, 11) is 1.58. The number of benzene rings is 1. The van der Waals surface area contributed by atoms with Crippen LogP contribution in [0.2, 0.25) is 0 Å². The van der Waals surface area contributed by atoms with Gasteiger partial charge in [-0.1, -0.05) is 0 Å². The van der Waals surface area contributed by atoms with Crippen molar-refractivity contribution >= 4 is 35.2 Å². The summed E-state index contributed by atoms with van der Waals surface area (Å²) in [6.07, 6.45) is 1.15. The standard InChI is InChI=1S/C20H21FN4O5/c1-22-17(27)10-4-6-24(7-5-10)15-9-12-11(8-13(15)21)19(29)25(20(12)30)14-2-3-16(26)23-18(14)28/h8-10,14H,2-7H2,1H3,(H,22,27)(H,23,26,28). The summed E-state index contributed by atoms with van der Waals surface area (Å²) in [6, 6.07) is 1.28. The van der Waals surface area contributed by atoms with Gasteiger partial charge >= 0.3 is 0 Å². The van der Waals surface area contributed by atoms with Crippen LogP contribution in [0.4, 0.5) is 10.1 Å². The third kappa shape index (κ3) is 3.21. The maximum atomic E-state index is 14.8. The Morgan fingerprint density at radius 3 is 2.30 bits per heavy atom. The molecule has 0 saturated carbocycles. The maximum absolute atomic E-state index is 14.8. The minimum Gasteiger partial charge on any atom is -0.369 e. The fourth-order valence-electron chi connectivity index (χ4n) is 4.31. The average Bonchev–Trinajstić information content (AvgIpc) is 2.97. The lowest BCUT2D eigenvalue weighted by Crippen LogP contribution is -2.54. The van der Waals surface area contributed by atoms with Gasteiger partial charge in [0.1, 0.15) is 11.9 Å². The molecule has 0 aliphatic carbocycles. The van der Waals surface area contributed by atoms with Crippen molar-refractivity contribution in [3.05, 3.63) is 29.1 Å². The summed E-state index contributed by atoms with van der Waals surface area (Å²) in [4.78, 5) is 63.5. The zero-order chi connectivity index (χ0) is 21.6. The summed E-state index contributed by atoms with van der Waals surface area (Å²) in [5, 5.41) is 4.74. The molecule has 1 atom stereocenters. The molecule has 1 unspecified atom stereocenters. The van der Waals surface area contributed by atoms with Gasteiger partial charge in [-0.2, -0.15) is 0 Å². The summed E-state index contributed by atoms with van der Waals surface area (Å²) in [6.45, 7) is 0.875. The fourth-order valence-corrected chi connectivity index (χ4v) is 4.31. The number of anilines is 1. The monoisotopic (exact) mass is 416 g/mol. The first-order valence-electron chi connectivity index (χ1n) is 9.83. The van der Waals surface area contributed by atoms with Gasteiger partial charge in [-0.3, -0.25) is 34.2 Å². The van der Waals surface area contributed by atoms with Crippen molar-refractivity contribution < 1.29 is 28.4 Å². The minimum absolute atomic E-state index is 0.0176. The molecule has 0 aromatic heterocycles. The molecule has 2 N–H and O–H groups in total. The predicted octanol–water partition coefficient (Wildman–Crippen LogP) is 0.189. The molecule has 0 bridgehead atoms. The number of hydrogen-bond acceptors (Lipinski definition) is 6. The number of hydrogen-bond donors (Lipinski definition) is 2. The molecule has 2 saturated heterocycles. The largest absolute Gasteiger partial charge is 0.369 e. The van der Waals surface area contributed by atoms with E-state index < -0.39 is 35.5 Å². The number of halogens is 1. The molecule has 5 amide bonds. The Kier molecular flexibility index (Phi) is 5.00. The highest BCUT2D eigenvalue weighted by Gasteiger charge is 2.45. The molecule has 30 heavy (non-hydrogen) atoms. The summed E-state index contributed by atoms with van der Waals surface area (Å²) in [5.41, 5.74) is 0.135. The fraction of sp³-hybridized carbons (Fsp3) is 0.450. The molecule has 3 aliphatic heterocycles. The van der Waals surface area contributed by atoms with Gasteiger partial charge in [-0.15, -0.1) is 0 Å². The number of imide groups is 2. The van der Waals surface area contributed by atoms with Crippen LogP contribution in [0.5, 0.6) is 0 Å². The number of piperidine rings is 2. The van der Waals surface area contributed by atoms with Gasteiger partial charge in [0, 0.05) is 32.5 Å². The zero-order valence-electron chi connectivity index (χ0n) is 16.4. The third-order valence-corrected chi connectivity index (χ3v) is 5.96. The second-order valence-electron chi connectivity index (χ2n) is 7.67. The number of rotatable bonds is 3. The summed E-state index contributed by atoms with van der Waals surface area (Å²) in [5.74, 6) is -3.42. The molecule has 3 heterocycles. The van der Waals surface area contributed by atoms with Crippen LogP contribution in [0.3, 0.4) is 0 Å². The lowest BCUT2D eigenvalue weighted by molar-refractivity contribution is -0.136. The van der Waals surface area contributed by atoms with E-state index in [1.807, 2.05) is 0 Å². The Bertz CT molecular complexity index is 970. The highest BCUT2D eigenvalue weighted by atomic mass is 19.1. The van der Waals surface area contributed by atoms with Crippen LogP contribution >= 0.6 is 0 Å². The van der Waals surface area contributed by atoms with Crippen molar-refractivity contribution in [1.82, 2.24) is 15.5 Å². The van der Waals surface area contributed by atoms with Gasteiger partial charge in [0.2, 0.25) is 17.7 Å². The van der Waals surface area contributed by atoms with E-state index in [1.165, 1.54) is 6.07 Å². The third-order valence-electron chi connectivity index (χ3n) is 5.96. The zero-order valence-corrected chi connectivity index (χ0v) is 16.4. The molecule has 9 nitrogen and oxygen atoms in total. The van der Waals surface area contributed by atoms with E-state index in [0.29, 0.717) is 25.9 Å². The molecule has 1 aromatic carbocycles. The SMILES string of the molecule is CNC(=O)C1CCN(c2cc3c(cc2F)C(=O)N(C2CCC(=O)NC2=O)C3=O)CC1. The first-order valence-corrected chi connectivity index (χ1v) is 9.83. The Morgan fingerprint density at radius 1 is 1.07 bits per heavy atom. The highest BCUT2D eigenvalue weighted by molar-refractivity contribution is 6.23. The number of carbonyl (C=O) groups excluding carboxylic acids is 5. The van der Waals surface area contributed by atoms with Gasteiger partial charge in [-0.25, -0.2) is 4.39 Å². The molecule has 3 aliphatic rings. The number of nitrogens with one attached hydrogen (secondary N) is 2. The molecular formula is C20H21FN4O5. The van der Waals surface area contributed by atoms with Crippen LogP contribution in [0, 0.1) is 11.7 Å². The molecule has 2 fully saturated rings. The molecule has 0 radical (unpaired) electrons. The first kappa shape index (κ1) is 20.0. The van der Waals surface area contributed by atoms with E-state index in [0.717, 1.165) is 11.0 Å². The second-order valence-corrected chi connectivity index (χ2v) is 7.67. The van der Waals surface area contributed by atoms with Crippen LogP contribution in [0.1, 0.15) is 46.4 Å². The van der Waals surface area contributed by atoms with E-state index in [4.69, 9.17) is 0 Å². The lowest BCUT2D eigenvalue weighted by atomic mass is 9.95. The predicted molar refractivity (Wildman–Crippen MR) is 102 cm³/mol. The van der Waals surface area contributed by atoms with Crippen molar-refractivity contribution in [2.45, 2.75) is 31.7 Å². The van der Waals surface area contributed by atoms with Gasteiger partial charge in [0.05, 0.1) is 16.8 Å². The normalized spacial score (nSPS) is 22.3. The Morgan fingerprint density at radius 2 is 1.70 bits per heavy atom. The lowest BCUT2D eigenvalue weighted by Gasteiger charge is -2.33. The van der Waals surface area contributed by atoms with Gasteiger partial charge < -0.3 is 10.2 Å². The highest BCUT2D eigenvalue weighted by Crippen LogP contribution is 2.34. The van der Waals surface area contributed by atoms with E-state index >= 15 is 0 Å². The summed E-state index contributed by atoms with van der Waals surface area (Å²) < 4.78 is 14.8. The van der Waals surface area contributed by atoms with Crippen LogP contribution < -0.4 is 15.5 Å². The second kappa shape index (κ2) is 7.51. The topological polar surface area (TPSA) is 116 Å². The van der Waals surface area contributed by atoms with Crippen LogP contribution in [-0.2, 0) is 14.4 Å². The molecule has 0 spiro atoms. The molecular weight excluding hydrogens is 395 g/mol. The van der Waals surface area contributed by atoms with Crippen molar-refractivity contribution in [2.75, 3.05) is 25.0 Å². The van der Waals surface area contributed by atoms with Crippen molar-refractivity contribution in [2.24, 2.45) is 5.92 Å². The van der Waals surface area contributed by atoms with E-state index in [1.54, 1.807) is 11.9 Å². The maximum Gasteiger partial charge on any atom is 0.262 e. The van der Waals surface area contributed by atoms with Gasteiger partial charge in [0.15, 0.2) is 0 Å². The number of fused-ring (bicyclic) bond motifs is 1. The number of amides is 5. The quantitative estimate of drug-likeness (QED) is 0.680. The van der Waals surface area contributed by atoms with Crippen LogP contribution in [0.15, 0.2) is 12.1 Å². The van der Waals surface area contributed by atoms with Crippen LogP contribution in [0.25, 0.3) is 0 Å². The number of nitrogens with zero attached hydrogens (tertiary/aromatic N) is 2. The van der Waals surface area contributed by atoms with Crippen LogP contribution in [-0.4, -0.2) is 60.6 Å². The Balaban J connectivity index is 1.58. The molecule has 1 aromatic rings. The minimum atomic E-state index is -1.09. The van der Waals surface area contributed by atoms with Crippen molar-refractivity contribution in [1.29, 1.82) is 0 Å². The smallest absolute Gasteiger partial charge is 0.262 e. The number of carbonyl (C=O) groups is 5. The van der Waals surface area contributed by atoms with E-state index in [-0.39, 0.29) is 41.5 Å². The van der Waals surface area contributed by atoms with Crippen molar-refractivity contribution in [3.63, 3.8) is 0 Å². The van der Waals surface area contributed by atoms with Crippen molar-refractivity contribution in [3.8, 4) is 0 Å². The molecule has 10 heteroatoms. The average molecular weight is 416 g/mol. The molecule has 4 rings (SSSR count). The Hall–Kier alpha value is -3.30. The van der Waals surface area contributed by atoms with E-state index in [9.17, 15) is 28.4 Å². The van der Waals surface area contributed by atoms with Gasteiger partial charge in [-0.05, 0) is 31.4 Å². The molecule has 158 valence electrons. The Labute approximate surface area is 171 Å². The van der Waals surface area contributed by atoms with E-state index in [2.05, 4.69) is 10.6 Å². The van der Waals surface area contributed by atoms with Gasteiger partial charge in [0.25, 0.3) is 11.8 Å². The summed E-state index contributed by atoms with van der Waals surface area (Å²) >= 11 is 0. The first-order chi connectivity index (χ1) is 14.3.